The minimum Gasteiger partial charge on any atom is -0.394 e. The third-order valence-electron chi connectivity index (χ3n) is 2.14. The maximum atomic E-state index is 10.5. The van der Waals surface area contributed by atoms with Crippen LogP contribution in [-0.4, -0.2) is 58.9 Å². The lowest BCUT2D eigenvalue weighted by Crippen LogP contribution is -2.60. The Morgan fingerprint density at radius 2 is 2.14 bits per heavy atom. The first-order valence-electron chi connectivity index (χ1n) is 4.20. The van der Waals surface area contributed by atoms with Crippen LogP contribution in [0.3, 0.4) is 0 Å². The molecule has 82 valence electrons. The van der Waals surface area contributed by atoms with E-state index >= 15 is 0 Å². The van der Waals surface area contributed by atoms with E-state index in [2.05, 4.69) is 5.32 Å². The zero-order valence-electron chi connectivity index (χ0n) is 7.46. The van der Waals surface area contributed by atoms with Gasteiger partial charge in [0.05, 0.1) is 19.3 Å². The molecule has 1 rings (SSSR count). The summed E-state index contributed by atoms with van der Waals surface area (Å²) in [6.45, 7) is -0.381. The third-order valence-corrected chi connectivity index (χ3v) is 2.14. The molecule has 0 bridgehead atoms. The molecule has 0 unspecified atom stereocenters. The lowest BCUT2D eigenvalue weighted by atomic mass is 9.98. The van der Waals surface area contributed by atoms with Crippen LogP contribution in [0.1, 0.15) is 0 Å². The third kappa shape index (κ3) is 2.32. The molecular formula is C7H14N2O5. The Labute approximate surface area is 80.5 Å². The zero-order chi connectivity index (χ0) is 10.7. The number of nitrogens with one attached hydrogen (secondary N) is 1. The highest BCUT2D eigenvalue weighted by molar-refractivity contribution is 5.72. The Hall–Kier alpha value is -0.890. The molecule has 0 radical (unpaired) electrons. The summed E-state index contributed by atoms with van der Waals surface area (Å²) in [6, 6.07) is -1.54. The number of primary amides is 1. The van der Waals surface area contributed by atoms with Gasteiger partial charge in [-0.15, -0.1) is 0 Å². The molecule has 2 amide bonds. The molecule has 1 fully saturated rings. The Morgan fingerprint density at radius 1 is 1.50 bits per heavy atom. The van der Waals surface area contributed by atoms with Gasteiger partial charge in [-0.2, -0.15) is 0 Å². The Kier molecular flexibility index (Phi) is 3.64. The van der Waals surface area contributed by atoms with Crippen LogP contribution in [0.15, 0.2) is 0 Å². The number of carbonyl (C=O) groups is 1. The van der Waals surface area contributed by atoms with E-state index in [0.717, 1.165) is 0 Å². The van der Waals surface area contributed by atoms with Crippen molar-refractivity contribution in [2.75, 3.05) is 13.2 Å². The number of aliphatic hydroxyl groups excluding tert-OH is 3. The van der Waals surface area contributed by atoms with Gasteiger partial charge >= 0.3 is 6.03 Å². The smallest absolute Gasteiger partial charge is 0.312 e. The number of aliphatic hydroxyl groups is 3. The summed E-state index contributed by atoms with van der Waals surface area (Å²) >= 11 is 0. The summed E-state index contributed by atoms with van der Waals surface area (Å²) in [4.78, 5) is 10.5. The van der Waals surface area contributed by atoms with E-state index in [-0.39, 0.29) is 13.2 Å². The largest absolute Gasteiger partial charge is 0.394 e. The van der Waals surface area contributed by atoms with E-state index in [1.165, 1.54) is 0 Å². The van der Waals surface area contributed by atoms with Gasteiger partial charge in [0, 0.05) is 0 Å². The molecule has 0 aliphatic carbocycles. The fourth-order valence-electron chi connectivity index (χ4n) is 1.35. The lowest BCUT2D eigenvalue weighted by Gasteiger charge is -2.36. The number of carbonyl (C=O) groups excluding carboxylic acids is 1. The zero-order valence-corrected chi connectivity index (χ0v) is 7.46. The molecule has 1 heterocycles. The van der Waals surface area contributed by atoms with Gasteiger partial charge in [-0.25, -0.2) is 4.79 Å². The molecule has 4 atom stereocenters. The summed E-state index contributed by atoms with van der Waals surface area (Å²) in [5.74, 6) is 0. The summed E-state index contributed by atoms with van der Waals surface area (Å²) < 4.78 is 4.99. The average molecular weight is 206 g/mol. The van der Waals surface area contributed by atoms with Crippen LogP contribution in [-0.2, 0) is 4.74 Å². The molecule has 0 aromatic heterocycles. The Morgan fingerprint density at radius 3 is 2.64 bits per heavy atom. The van der Waals surface area contributed by atoms with Gasteiger partial charge in [-0.1, -0.05) is 0 Å². The van der Waals surface area contributed by atoms with Gasteiger partial charge in [-0.05, 0) is 0 Å². The van der Waals surface area contributed by atoms with Gasteiger partial charge in [0.15, 0.2) is 0 Å². The van der Waals surface area contributed by atoms with Crippen molar-refractivity contribution in [1.82, 2.24) is 5.32 Å². The normalized spacial score (nSPS) is 37.9. The lowest BCUT2D eigenvalue weighted by molar-refractivity contribution is -0.159. The van der Waals surface area contributed by atoms with Gasteiger partial charge in [0.1, 0.15) is 18.3 Å². The molecule has 0 spiro atoms. The van der Waals surface area contributed by atoms with Gasteiger partial charge in [0.2, 0.25) is 0 Å². The van der Waals surface area contributed by atoms with Crippen LogP contribution >= 0.6 is 0 Å². The minimum atomic E-state index is -1.23. The molecule has 0 aromatic rings. The van der Waals surface area contributed by atoms with Crippen molar-refractivity contribution < 1.29 is 24.9 Å². The van der Waals surface area contributed by atoms with Crippen molar-refractivity contribution >= 4 is 6.03 Å². The number of amides is 2. The van der Waals surface area contributed by atoms with Crippen LogP contribution in [0.5, 0.6) is 0 Å². The van der Waals surface area contributed by atoms with E-state index in [1.807, 2.05) is 0 Å². The number of ether oxygens (including phenoxy) is 1. The SMILES string of the molecule is NC(=O)N[C@H]1CO[C@H](CO)[C@H](O)[C@@H]1O. The molecule has 1 saturated heterocycles. The minimum absolute atomic E-state index is 0.00634. The summed E-state index contributed by atoms with van der Waals surface area (Å²) in [7, 11) is 0. The van der Waals surface area contributed by atoms with Crippen molar-refractivity contribution in [1.29, 1.82) is 0 Å². The van der Waals surface area contributed by atoms with E-state index in [9.17, 15) is 15.0 Å². The number of urea groups is 1. The van der Waals surface area contributed by atoms with Crippen LogP contribution in [0.25, 0.3) is 0 Å². The molecular weight excluding hydrogens is 192 g/mol. The highest BCUT2D eigenvalue weighted by Gasteiger charge is 2.38. The van der Waals surface area contributed by atoms with Crippen LogP contribution in [0, 0.1) is 0 Å². The summed E-state index contributed by atoms with van der Waals surface area (Å²) in [6.07, 6.45) is -3.24. The van der Waals surface area contributed by atoms with Gasteiger partial charge in [-0.3, -0.25) is 0 Å². The second-order valence-electron chi connectivity index (χ2n) is 3.15. The molecule has 1 aliphatic heterocycles. The van der Waals surface area contributed by atoms with E-state index in [0.29, 0.717) is 0 Å². The molecule has 7 nitrogen and oxygen atoms in total. The maximum absolute atomic E-state index is 10.5. The molecule has 1 aliphatic rings. The highest BCUT2D eigenvalue weighted by Crippen LogP contribution is 2.14. The molecule has 14 heavy (non-hydrogen) atoms. The van der Waals surface area contributed by atoms with Crippen molar-refractivity contribution in [3.63, 3.8) is 0 Å². The van der Waals surface area contributed by atoms with Crippen LogP contribution in [0.2, 0.25) is 0 Å². The second kappa shape index (κ2) is 4.56. The molecule has 0 aromatic carbocycles. The van der Waals surface area contributed by atoms with Crippen molar-refractivity contribution in [3.8, 4) is 0 Å². The predicted molar refractivity (Wildman–Crippen MR) is 45.3 cm³/mol. The average Bonchev–Trinajstić information content (AvgIpc) is 2.13. The molecule has 0 saturated carbocycles. The van der Waals surface area contributed by atoms with Crippen molar-refractivity contribution in [3.05, 3.63) is 0 Å². The van der Waals surface area contributed by atoms with E-state index in [1.54, 1.807) is 0 Å². The highest BCUT2D eigenvalue weighted by atomic mass is 16.5. The summed E-state index contributed by atoms with van der Waals surface area (Å²) in [5.41, 5.74) is 4.85. The Bertz CT molecular complexity index is 212. The fraction of sp³-hybridized carbons (Fsp3) is 0.857. The molecule has 6 N–H and O–H groups in total. The van der Waals surface area contributed by atoms with Gasteiger partial charge < -0.3 is 31.1 Å². The number of nitrogens with two attached hydrogens (primary N) is 1. The van der Waals surface area contributed by atoms with Crippen molar-refractivity contribution in [2.45, 2.75) is 24.4 Å². The fourth-order valence-corrected chi connectivity index (χ4v) is 1.35. The van der Waals surface area contributed by atoms with Gasteiger partial charge in [0.25, 0.3) is 0 Å². The monoisotopic (exact) mass is 206 g/mol. The van der Waals surface area contributed by atoms with Crippen LogP contribution in [0.4, 0.5) is 4.79 Å². The predicted octanol–water partition coefficient (Wildman–Crippen LogP) is -2.86. The van der Waals surface area contributed by atoms with E-state index < -0.39 is 30.4 Å². The number of hydrogen-bond donors (Lipinski definition) is 5. The maximum Gasteiger partial charge on any atom is 0.312 e. The Balaban J connectivity index is 2.54. The number of rotatable bonds is 2. The summed E-state index contributed by atoms with van der Waals surface area (Å²) in [5, 5.41) is 29.8. The van der Waals surface area contributed by atoms with Crippen LogP contribution < -0.4 is 11.1 Å². The molecule has 7 heteroatoms. The number of hydrogen-bond acceptors (Lipinski definition) is 5. The van der Waals surface area contributed by atoms with E-state index in [4.69, 9.17) is 15.6 Å². The standard InChI is InChI=1S/C7H14N2O5/c8-7(13)9-3-2-14-4(1-10)6(12)5(3)11/h3-6,10-12H,1-2H2,(H3,8,9,13)/t3-,4+,5+,6-/m0/s1. The topological polar surface area (TPSA) is 125 Å². The first-order chi connectivity index (χ1) is 6.56. The second-order valence-corrected chi connectivity index (χ2v) is 3.15. The first-order valence-corrected chi connectivity index (χ1v) is 4.20. The quantitative estimate of drug-likeness (QED) is 0.332. The van der Waals surface area contributed by atoms with Crippen molar-refractivity contribution in [2.24, 2.45) is 5.73 Å². The first kappa shape index (κ1) is 11.2.